The van der Waals surface area contributed by atoms with Crippen LogP contribution in [0.4, 0.5) is 0 Å². The molecule has 3 atom stereocenters. The highest BCUT2D eigenvalue weighted by atomic mass is 16.5. The SMILES string of the molecule is CCCN(CC1CCCN1)C1CCOC(C(C)C)C1. The van der Waals surface area contributed by atoms with Gasteiger partial charge < -0.3 is 10.1 Å². The summed E-state index contributed by atoms with van der Waals surface area (Å²) in [6.45, 7) is 11.5. The van der Waals surface area contributed by atoms with E-state index >= 15 is 0 Å². The number of hydrogen-bond acceptors (Lipinski definition) is 3. The Bertz CT molecular complexity index is 251. The molecule has 0 aromatic carbocycles. The summed E-state index contributed by atoms with van der Waals surface area (Å²) in [7, 11) is 0. The van der Waals surface area contributed by atoms with Gasteiger partial charge in [-0.3, -0.25) is 4.90 Å². The predicted octanol–water partition coefficient (Wildman–Crippen LogP) is 2.65. The Morgan fingerprint density at radius 2 is 2.16 bits per heavy atom. The van der Waals surface area contributed by atoms with Gasteiger partial charge in [-0.1, -0.05) is 20.8 Å². The molecule has 0 saturated carbocycles. The second kappa shape index (κ2) is 7.61. The Kier molecular flexibility index (Phi) is 6.11. The summed E-state index contributed by atoms with van der Waals surface area (Å²) in [6, 6.07) is 1.47. The lowest BCUT2D eigenvalue weighted by atomic mass is 9.94. The molecule has 2 aliphatic heterocycles. The molecule has 1 N–H and O–H groups in total. The summed E-state index contributed by atoms with van der Waals surface area (Å²) in [5.41, 5.74) is 0. The first-order valence-corrected chi connectivity index (χ1v) is 8.29. The Labute approximate surface area is 119 Å². The van der Waals surface area contributed by atoms with Crippen LogP contribution >= 0.6 is 0 Å². The Morgan fingerprint density at radius 3 is 2.79 bits per heavy atom. The van der Waals surface area contributed by atoms with Crippen LogP contribution in [0.2, 0.25) is 0 Å². The quantitative estimate of drug-likeness (QED) is 0.801. The number of nitrogens with zero attached hydrogens (tertiary/aromatic N) is 1. The molecule has 3 nitrogen and oxygen atoms in total. The van der Waals surface area contributed by atoms with Crippen molar-refractivity contribution in [2.45, 2.75) is 71.1 Å². The Morgan fingerprint density at radius 1 is 1.32 bits per heavy atom. The first kappa shape index (κ1) is 15.3. The lowest BCUT2D eigenvalue weighted by Crippen LogP contribution is -2.48. The fourth-order valence-electron chi connectivity index (χ4n) is 3.51. The molecule has 3 heteroatoms. The maximum absolute atomic E-state index is 5.93. The first-order valence-electron chi connectivity index (χ1n) is 8.29. The van der Waals surface area contributed by atoms with Gasteiger partial charge in [0.15, 0.2) is 0 Å². The summed E-state index contributed by atoms with van der Waals surface area (Å²) in [5.74, 6) is 0.649. The number of rotatable bonds is 6. The number of ether oxygens (including phenoxy) is 1. The Balaban J connectivity index is 1.89. The summed E-state index contributed by atoms with van der Waals surface area (Å²) in [6.07, 6.45) is 6.88. The third-order valence-electron chi connectivity index (χ3n) is 4.68. The fraction of sp³-hybridized carbons (Fsp3) is 1.00. The molecule has 2 rings (SSSR count). The fourth-order valence-corrected chi connectivity index (χ4v) is 3.51. The number of hydrogen-bond donors (Lipinski definition) is 1. The topological polar surface area (TPSA) is 24.5 Å². The molecule has 2 heterocycles. The van der Waals surface area contributed by atoms with Gasteiger partial charge in [-0.2, -0.15) is 0 Å². The average molecular weight is 268 g/mol. The van der Waals surface area contributed by atoms with Crippen LogP contribution in [0.3, 0.4) is 0 Å². The van der Waals surface area contributed by atoms with Gasteiger partial charge in [0.2, 0.25) is 0 Å². The minimum atomic E-state index is 0.467. The zero-order valence-electron chi connectivity index (χ0n) is 13.0. The van der Waals surface area contributed by atoms with Gasteiger partial charge in [0.1, 0.15) is 0 Å². The zero-order valence-corrected chi connectivity index (χ0v) is 13.0. The highest BCUT2D eigenvalue weighted by Gasteiger charge is 2.30. The van der Waals surface area contributed by atoms with E-state index < -0.39 is 0 Å². The smallest absolute Gasteiger partial charge is 0.0612 e. The van der Waals surface area contributed by atoms with E-state index in [0.29, 0.717) is 12.0 Å². The molecule has 2 saturated heterocycles. The van der Waals surface area contributed by atoms with Crippen LogP contribution in [-0.2, 0) is 4.74 Å². The van der Waals surface area contributed by atoms with Gasteiger partial charge in [-0.15, -0.1) is 0 Å². The molecule has 19 heavy (non-hydrogen) atoms. The van der Waals surface area contributed by atoms with Crippen molar-refractivity contribution >= 4 is 0 Å². The lowest BCUT2D eigenvalue weighted by molar-refractivity contribution is -0.0494. The van der Waals surface area contributed by atoms with Gasteiger partial charge >= 0.3 is 0 Å². The van der Waals surface area contributed by atoms with E-state index in [-0.39, 0.29) is 0 Å². The lowest BCUT2D eigenvalue weighted by Gasteiger charge is -2.40. The van der Waals surface area contributed by atoms with Crippen molar-refractivity contribution in [1.29, 1.82) is 0 Å². The van der Waals surface area contributed by atoms with Crippen LogP contribution in [0.5, 0.6) is 0 Å². The molecule has 0 aromatic rings. The molecule has 3 unspecified atom stereocenters. The molecule has 112 valence electrons. The normalized spacial score (nSPS) is 32.4. The summed E-state index contributed by atoms with van der Waals surface area (Å²) in [5, 5.41) is 3.65. The number of nitrogens with one attached hydrogen (secondary N) is 1. The third kappa shape index (κ3) is 4.44. The standard InChI is InChI=1S/C16H32N2O/c1-4-9-18(12-14-6-5-8-17-14)15-7-10-19-16(11-15)13(2)3/h13-17H,4-12H2,1-3H3. The van der Waals surface area contributed by atoms with Crippen molar-refractivity contribution < 1.29 is 4.74 Å². The molecule has 2 fully saturated rings. The van der Waals surface area contributed by atoms with E-state index in [4.69, 9.17) is 4.74 Å². The van der Waals surface area contributed by atoms with Crippen LogP contribution in [0.15, 0.2) is 0 Å². The van der Waals surface area contributed by atoms with Crippen LogP contribution in [0.1, 0.15) is 52.9 Å². The largest absolute Gasteiger partial charge is 0.378 e. The zero-order chi connectivity index (χ0) is 13.7. The van der Waals surface area contributed by atoms with Gasteiger partial charge in [0.25, 0.3) is 0 Å². The highest BCUT2D eigenvalue weighted by Crippen LogP contribution is 2.25. The third-order valence-corrected chi connectivity index (χ3v) is 4.68. The minimum Gasteiger partial charge on any atom is -0.378 e. The van der Waals surface area contributed by atoms with Crippen molar-refractivity contribution in [2.24, 2.45) is 5.92 Å². The molecular weight excluding hydrogens is 236 g/mol. The minimum absolute atomic E-state index is 0.467. The molecule has 0 aromatic heterocycles. The molecule has 0 bridgehead atoms. The van der Waals surface area contributed by atoms with Crippen LogP contribution < -0.4 is 5.32 Å². The highest BCUT2D eigenvalue weighted by molar-refractivity contribution is 4.85. The van der Waals surface area contributed by atoms with Crippen LogP contribution in [0, 0.1) is 5.92 Å². The maximum Gasteiger partial charge on any atom is 0.0612 e. The average Bonchev–Trinajstić information content (AvgIpc) is 2.91. The monoisotopic (exact) mass is 268 g/mol. The van der Waals surface area contributed by atoms with Crippen molar-refractivity contribution in [3.63, 3.8) is 0 Å². The van der Waals surface area contributed by atoms with Crippen molar-refractivity contribution in [1.82, 2.24) is 10.2 Å². The van der Waals surface area contributed by atoms with E-state index in [0.717, 1.165) is 18.7 Å². The molecular formula is C16H32N2O. The van der Waals surface area contributed by atoms with E-state index in [1.165, 1.54) is 51.7 Å². The molecule has 0 aliphatic carbocycles. The summed E-state index contributed by atoms with van der Waals surface area (Å²) in [4.78, 5) is 2.74. The molecule has 0 amide bonds. The first-order chi connectivity index (χ1) is 9.20. The molecule has 2 aliphatic rings. The maximum atomic E-state index is 5.93. The van der Waals surface area contributed by atoms with E-state index in [2.05, 4.69) is 31.0 Å². The second-order valence-electron chi connectivity index (χ2n) is 6.62. The van der Waals surface area contributed by atoms with Crippen LogP contribution in [-0.4, -0.2) is 49.3 Å². The van der Waals surface area contributed by atoms with Gasteiger partial charge in [0, 0.05) is 25.2 Å². The summed E-state index contributed by atoms with van der Waals surface area (Å²) < 4.78 is 5.93. The molecule has 0 spiro atoms. The van der Waals surface area contributed by atoms with Gasteiger partial charge in [-0.25, -0.2) is 0 Å². The predicted molar refractivity (Wildman–Crippen MR) is 80.5 cm³/mol. The van der Waals surface area contributed by atoms with E-state index in [1.807, 2.05) is 0 Å². The second-order valence-corrected chi connectivity index (χ2v) is 6.62. The van der Waals surface area contributed by atoms with Gasteiger partial charge in [0.05, 0.1) is 6.10 Å². The van der Waals surface area contributed by atoms with Crippen LogP contribution in [0.25, 0.3) is 0 Å². The molecule has 0 radical (unpaired) electrons. The van der Waals surface area contributed by atoms with E-state index in [1.54, 1.807) is 0 Å². The van der Waals surface area contributed by atoms with Crippen molar-refractivity contribution in [2.75, 3.05) is 26.2 Å². The van der Waals surface area contributed by atoms with E-state index in [9.17, 15) is 0 Å². The van der Waals surface area contributed by atoms with Gasteiger partial charge in [-0.05, 0) is 51.1 Å². The summed E-state index contributed by atoms with van der Waals surface area (Å²) >= 11 is 0. The van der Waals surface area contributed by atoms with Crippen molar-refractivity contribution in [3.8, 4) is 0 Å². The Hall–Kier alpha value is -0.120. The van der Waals surface area contributed by atoms with Crippen molar-refractivity contribution in [3.05, 3.63) is 0 Å².